The Morgan fingerprint density at radius 2 is 1.00 bits per heavy atom. The van der Waals surface area contributed by atoms with Gasteiger partial charge in [0.1, 0.15) is 12.2 Å². The third-order valence-corrected chi connectivity index (χ3v) is 2.75. The molecule has 1 nitrogen and oxygen atoms in total. The SMILES string of the molecule is [Li].c1ccc(C2OC2c2ccccc2)cc1. The molecule has 1 aliphatic rings. The van der Waals surface area contributed by atoms with Crippen LogP contribution >= 0.6 is 0 Å². The van der Waals surface area contributed by atoms with Gasteiger partial charge in [-0.1, -0.05) is 60.7 Å². The van der Waals surface area contributed by atoms with Crippen molar-refractivity contribution in [3.63, 3.8) is 0 Å². The molecule has 1 aliphatic heterocycles. The Labute approximate surface area is 108 Å². The predicted octanol–water partition coefficient (Wildman–Crippen LogP) is 3.12. The van der Waals surface area contributed by atoms with Crippen LogP contribution in [0.2, 0.25) is 0 Å². The number of hydrogen-bond acceptors (Lipinski definition) is 1. The first-order valence-corrected chi connectivity index (χ1v) is 5.20. The van der Waals surface area contributed by atoms with Crippen molar-refractivity contribution in [3.05, 3.63) is 71.8 Å². The smallest absolute Gasteiger partial charge is 0.114 e. The number of rotatable bonds is 2. The van der Waals surface area contributed by atoms with Gasteiger partial charge in [-0.2, -0.15) is 0 Å². The van der Waals surface area contributed by atoms with Crippen molar-refractivity contribution in [2.75, 3.05) is 0 Å². The fourth-order valence-corrected chi connectivity index (χ4v) is 1.90. The summed E-state index contributed by atoms with van der Waals surface area (Å²) in [6, 6.07) is 20.8. The summed E-state index contributed by atoms with van der Waals surface area (Å²) in [5.74, 6) is 0. The molecule has 2 aromatic rings. The normalized spacial score (nSPS) is 22.2. The van der Waals surface area contributed by atoms with Gasteiger partial charge in [0.2, 0.25) is 0 Å². The summed E-state index contributed by atoms with van der Waals surface area (Å²) in [6.07, 6.45) is 0.516. The summed E-state index contributed by atoms with van der Waals surface area (Å²) in [5.41, 5.74) is 2.54. The molecule has 0 aromatic heterocycles. The van der Waals surface area contributed by atoms with E-state index >= 15 is 0 Å². The van der Waals surface area contributed by atoms with Gasteiger partial charge in [-0.3, -0.25) is 0 Å². The average Bonchev–Trinajstić information content (AvgIpc) is 3.11. The van der Waals surface area contributed by atoms with Crippen molar-refractivity contribution in [1.29, 1.82) is 0 Å². The Morgan fingerprint density at radius 1 is 0.625 bits per heavy atom. The quantitative estimate of drug-likeness (QED) is 0.539. The molecule has 2 unspecified atom stereocenters. The van der Waals surface area contributed by atoms with E-state index in [0.717, 1.165) is 0 Å². The molecule has 0 saturated carbocycles. The molecule has 3 rings (SSSR count). The summed E-state index contributed by atoms with van der Waals surface area (Å²) >= 11 is 0. The standard InChI is InChI=1S/C14H12O.Li/c1-3-7-11(8-4-1)13-14(15-13)12-9-5-2-6-10-12;/h1-10,13-14H;. The van der Waals surface area contributed by atoms with E-state index in [2.05, 4.69) is 48.5 Å². The van der Waals surface area contributed by atoms with Gasteiger partial charge in [-0.15, -0.1) is 0 Å². The molecule has 1 fully saturated rings. The molecular formula is C14H12LiO. The molecule has 1 heterocycles. The maximum Gasteiger partial charge on any atom is 0.114 e. The first-order chi connectivity index (χ1) is 7.45. The van der Waals surface area contributed by atoms with E-state index in [1.807, 2.05) is 12.1 Å². The second-order valence-electron chi connectivity index (χ2n) is 3.80. The summed E-state index contributed by atoms with van der Waals surface area (Å²) in [6.45, 7) is 0. The Morgan fingerprint density at radius 3 is 1.38 bits per heavy atom. The van der Waals surface area contributed by atoms with Gasteiger partial charge in [-0.05, 0) is 11.1 Å². The van der Waals surface area contributed by atoms with E-state index in [1.165, 1.54) is 11.1 Å². The van der Waals surface area contributed by atoms with Crippen molar-refractivity contribution in [1.82, 2.24) is 0 Å². The Bertz CT molecular complexity index is 397. The monoisotopic (exact) mass is 203 g/mol. The molecular weight excluding hydrogens is 191 g/mol. The van der Waals surface area contributed by atoms with E-state index in [0.29, 0.717) is 0 Å². The number of ether oxygens (including phenoxy) is 1. The summed E-state index contributed by atoms with van der Waals surface area (Å²) in [7, 11) is 0. The third kappa shape index (κ3) is 2.22. The minimum atomic E-state index is 0. The minimum absolute atomic E-state index is 0. The Balaban J connectivity index is 0.000000963. The maximum absolute atomic E-state index is 5.69. The van der Waals surface area contributed by atoms with Crippen LogP contribution < -0.4 is 0 Å². The zero-order chi connectivity index (χ0) is 10.1. The molecule has 75 valence electrons. The second-order valence-corrected chi connectivity index (χ2v) is 3.80. The van der Waals surface area contributed by atoms with Crippen LogP contribution in [0.4, 0.5) is 0 Å². The van der Waals surface area contributed by atoms with Gasteiger partial charge < -0.3 is 4.74 Å². The van der Waals surface area contributed by atoms with Crippen molar-refractivity contribution in [3.8, 4) is 0 Å². The van der Waals surface area contributed by atoms with Crippen molar-refractivity contribution >= 4 is 18.9 Å². The van der Waals surface area contributed by atoms with Crippen LogP contribution in [0.15, 0.2) is 60.7 Å². The molecule has 0 aliphatic carbocycles. The van der Waals surface area contributed by atoms with Gasteiger partial charge in [0, 0.05) is 18.9 Å². The van der Waals surface area contributed by atoms with Gasteiger partial charge >= 0.3 is 0 Å². The molecule has 0 amide bonds. The molecule has 2 heteroatoms. The molecule has 0 N–H and O–H groups in total. The van der Waals surface area contributed by atoms with E-state index in [4.69, 9.17) is 4.74 Å². The summed E-state index contributed by atoms with van der Waals surface area (Å²) in [5, 5.41) is 0. The summed E-state index contributed by atoms with van der Waals surface area (Å²) < 4.78 is 5.69. The summed E-state index contributed by atoms with van der Waals surface area (Å²) in [4.78, 5) is 0. The predicted molar refractivity (Wildman–Crippen MR) is 65.2 cm³/mol. The largest absolute Gasteiger partial charge is 0.359 e. The Hall–Kier alpha value is -1.00. The zero-order valence-corrected chi connectivity index (χ0v) is 9.34. The molecule has 0 bridgehead atoms. The second kappa shape index (κ2) is 4.89. The third-order valence-electron chi connectivity index (χ3n) is 2.75. The van der Waals surface area contributed by atoms with E-state index in [1.54, 1.807) is 0 Å². The fraction of sp³-hybridized carbons (Fsp3) is 0.143. The van der Waals surface area contributed by atoms with Crippen LogP contribution in [0.1, 0.15) is 23.3 Å². The van der Waals surface area contributed by atoms with Crippen molar-refractivity contribution in [2.45, 2.75) is 12.2 Å². The number of benzene rings is 2. The van der Waals surface area contributed by atoms with Crippen LogP contribution in [0.3, 0.4) is 0 Å². The minimum Gasteiger partial charge on any atom is -0.359 e. The first-order valence-electron chi connectivity index (χ1n) is 5.20. The maximum atomic E-state index is 5.69. The molecule has 2 aromatic carbocycles. The van der Waals surface area contributed by atoms with Crippen LogP contribution in [0, 0.1) is 0 Å². The van der Waals surface area contributed by atoms with Crippen LogP contribution in [-0.4, -0.2) is 18.9 Å². The van der Waals surface area contributed by atoms with E-state index in [-0.39, 0.29) is 31.1 Å². The van der Waals surface area contributed by atoms with Gasteiger partial charge in [0.15, 0.2) is 0 Å². The zero-order valence-electron chi connectivity index (χ0n) is 9.34. The van der Waals surface area contributed by atoms with Crippen molar-refractivity contribution in [2.24, 2.45) is 0 Å². The van der Waals surface area contributed by atoms with Crippen LogP contribution in [0.5, 0.6) is 0 Å². The number of epoxide rings is 1. The van der Waals surface area contributed by atoms with E-state index in [9.17, 15) is 0 Å². The molecule has 1 saturated heterocycles. The van der Waals surface area contributed by atoms with Gasteiger partial charge in [0.25, 0.3) is 0 Å². The molecule has 2 atom stereocenters. The number of hydrogen-bond donors (Lipinski definition) is 0. The first kappa shape index (κ1) is 11.5. The van der Waals surface area contributed by atoms with Crippen LogP contribution in [-0.2, 0) is 4.74 Å². The molecule has 1 radical (unpaired) electrons. The molecule has 0 spiro atoms. The van der Waals surface area contributed by atoms with Crippen LogP contribution in [0.25, 0.3) is 0 Å². The van der Waals surface area contributed by atoms with Crippen molar-refractivity contribution < 1.29 is 4.74 Å². The fourth-order valence-electron chi connectivity index (χ4n) is 1.90. The van der Waals surface area contributed by atoms with E-state index < -0.39 is 0 Å². The molecule has 16 heavy (non-hydrogen) atoms. The average molecular weight is 203 g/mol. The topological polar surface area (TPSA) is 12.5 Å². The Kier molecular flexibility index (Phi) is 3.51. The van der Waals surface area contributed by atoms with Gasteiger partial charge in [0.05, 0.1) is 0 Å². The van der Waals surface area contributed by atoms with Gasteiger partial charge in [-0.25, -0.2) is 0 Å².